The van der Waals surface area contributed by atoms with Crippen LogP contribution in [0, 0.1) is 0 Å². The van der Waals surface area contributed by atoms with Crippen molar-refractivity contribution in [3.8, 4) is 11.4 Å². The van der Waals surface area contributed by atoms with Crippen molar-refractivity contribution in [3.05, 3.63) is 34.6 Å². The number of hydrogen-bond donors (Lipinski definition) is 0. The lowest BCUT2D eigenvalue weighted by atomic mass is 10.2. The van der Waals surface area contributed by atoms with Crippen LogP contribution in [0.15, 0.2) is 33.3 Å². The summed E-state index contributed by atoms with van der Waals surface area (Å²) in [5.41, 5.74) is 0.796. The molecule has 0 N–H and O–H groups in total. The van der Waals surface area contributed by atoms with Gasteiger partial charge >= 0.3 is 6.03 Å². The van der Waals surface area contributed by atoms with Crippen LogP contribution >= 0.6 is 15.9 Å². The van der Waals surface area contributed by atoms with Gasteiger partial charge in [-0.25, -0.2) is 4.79 Å². The molecular weight excluding hydrogens is 340 g/mol. The molecule has 1 aliphatic heterocycles. The molecule has 0 saturated carbocycles. The summed E-state index contributed by atoms with van der Waals surface area (Å²) in [6.07, 6.45) is 0. The molecule has 2 heterocycles. The number of rotatable bonds is 3. The first-order valence-electron chi connectivity index (χ1n) is 6.18. The predicted molar refractivity (Wildman–Crippen MR) is 76.0 cm³/mol. The lowest BCUT2D eigenvalue weighted by Gasteiger charge is -2.10. The Morgan fingerprint density at radius 2 is 2.00 bits per heavy atom. The third kappa shape index (κ3) is 2.66. The summed E-state index contributed by atoms with van der Waals surface area (Å²) in [5, 5.41) is 3.86. The van der Waals surface area contributed by atoms with E-state index >= 15 is 0 Å². The van der Waals surface area contributed by atoms with Crippen LogP contribution in [0.4, 0.5) is 4.79 Å². The van der Waals surface area contributed by atoms with E-state index in [4.69, 9.17) is 4.52 Å². The van der Waals surface area contributed by atoms with Gasteiger partial charge in [0, 0.05) is 17.1 Å². The fraction of sp³-hybridized carbons (Fsp3) is 0.231. The van der Waals surface area contributed by atoms with Gasteiger partial charge in [0.1, 0.15) is 13.1 Å². The maximum Gasteiger partial charge on any atom is 0.327 e. The first-order valence-corrected chi connectivity index (χ1v) is 6.98. The van der Waals surface area contributed by atoms with Crippen molar-refractivity contribution in [2.45, 2.75) is 6.54 Å². The zero-order valence-electron chi connectivity index (χ0n) is 11.1. The summed E-state index contributed by atoms with van der Waals surface area (Å²) in [4.78, 5) is 30.1. The summed E-state index contributed by atoms with van der Waals surface area (Å²) >= 11 is 3.35. The van der Waals surface area contributed by atoms with Gasteiger partial charge in [0.25, 0.3) is 5.91 Å². The van der Waals surface area contributed by atoms with Gasteiger partial charge in [0.05, 0.1) is 0 Å². The number of imide groups is 1. The summed E-state index contributed by atoms with van der Waals surface area (Å²) in [5.74, 6) is 0.376. The molecule has 0 spiro atoms. The van der Waals surface area contributed by atoms with E-state index in [-0.39, 0.29) is 30.9 Å². The second-order valence-electron chi connectivity index (χ2n) is 4.64. The van der Waals surface area contributed by atoms with Gasteiger partial charge in [-0.05, 0) is 24.3 Å². The normalized spacial score (nSPS) is 15.1. The molecule has 3 amide bonds. The first-order chi connectivity index (χ1) is 10.0. The van der Waals surface area contributed by atoms with Crippen LogP contribution in [0.2, 0.25) is 0 Å². The molecule has 3 rings (SSSR count). The van der Waals surface area contributed by atoms with Crippen molar-refractivity contribution < 1.29 is 14.1 Å². The molecule has 1 aromatic heterocycles. The van der Waals surface area contributed by atoms with Gasteiger partial charge in [0.15, 0.2) is 0 Å². The van der Waals surface area contributed by atoms with E-state index in [2.05, 4.69) is 26.1 Å². The second kappa shape index (κ2) is 5.28. The first kappa shape index (κ1) is 13.7. The molecule has 7 nitrogen and oxygen atoms in total. The smallest absolute Gasteiger partial charge is 0.327 e. The number of nitrogens with zero attached hydrogens (tertiary/aromatic N) is 4. The van der Waals surface area contributed by atoms with Gasteiger partial charge in [-0.2, -0.15) is 4.98 Å². The number of benzene rings is 1. The maximum atomic E-state index is 11.8. The Balaban J connectivity index is 1.78. The highest BCUT2D eigenvalue weighted by Crippen LogP contribution is 2.20. The number of likely N-dealkylation sites (N-methyl/N-ethyl adjacent to an activating group) is 1. The Morgan fingerprint density at radius 1 is 1.29 bits per heavy atom. The SMILES string of the molecule is CN1CC(=O)N(Cc2nc(-c3ccc(Br)cc3)no2)C1=O. The third-order valence-electron chi connectivity index (χ3n) is 3.09. The number of amides is 3. The van der Waals surface area contributed by atoms with Crippen molar-refractivity contribution in [2.24, 2.45) is 0 Å². The van der Waals surface area contributed by atoms with Crippen molar-refractivity contribution in [3.63, 3.8) is 0 Å². The lowest BCUT2D eigenvalue weighted by molar-refractivity contribution is -0.125. The van der Waals surface area contributed by atoms with E-state index in [9.17, 15) is 9.59 Å². The van der Waals surface area contributed by atoms with E-state index in [1.54, 1.807) is 7.05 Å². The average Bonchev–Trinajstić information content (AvgIpc) is 3.01. The minimum atomic E-state index is -0.358. The Labute approximate surface area is 128 Å². The molecule has 1 saturated heterocycles. The molecule has 0 unspecified atom stereocenters. The van der Waals surface area contributed by atoms with Gasteiger partial charge < -0.3 is 9.42 Å². The van der Waals surface area contributed by atoms with Crippen LogP contribution in [0.1, 0.15) is 5.89 Å². The minimum Gasteiger partial charge on any atom is -0.337 e. The quantitative estimate of drug-likeness (QED) is 0.789. The van der Waals surface area contributed by atoms with Gasteiger partial charge in [0.2, 0.25) is 11.7 Å². The number of halogens is 1. The van der Waals surface area contributed by atoms with E-state index in [0.29, 0.717) is 5.82 Å². The van der Waals surface area contributed by atoms with Gasteiger partial charge in [-0.3, -0.25) is 9.69 Å². The van der Waals surface area contributed by atoms with Crippen LogP contribution in [0.5, 0.6) is 0 Å². The van der Waals surface area contributed by atoms with Crippen LogP contribution < -0.4 is 0 Å². The van der Waals surface area contributed by atoms with Crippen LogP contribution in [-0.4, -0.2) is 45.5 Å². The highest BCUT2D eigenvalue weighted by Gasteiger charge is 2.34. The molecule has 108 valence electrons. The van der Waals surface area contributed by atoms with Crippen LogP contribution in [0.3, 0.4) is 0 Å². The number of aromatic nitrogens is 2. The maximum absolute atomic E-state index is 11.8. The average molecular weight is 351 g/mol. The zero-order valence-corrected chi connectivity index (χ0v) is 12.7. The minimum absolute atomic E-state index is 0.00840. The van der Waals surface area contributed by atoms with E-state index in [0.717, 1.165) is 14.9 Å². The largest absolute Gasteiger partial charge is 0.337 e. The number of carbonyl (C=O) groups excluding carboxylic acids is 2. The Kier molecular flexibility index (Phi) is 3.46. The summed E-state index contributed by atoms with van der Waals surface area (Å²) in [6.45, 7) is 0.0675. The Hall–Kier alpha value is -2.22. The fourth-order valence-corrected chi connectivity index (χ4v) is 2.26. The number of hydrogen-bond acceptors (Lipinski definition) is 5. The van der Waals surface area contributed by atoms with Gasteiger partial charge in [-0.1, -0.05) is 21.1 Å². The van der Waals surface area contributed by atoms with Crippen LogP contribution in [0.25, 0.3) is 11.4 Å². The Morgan fingerprint density at radius 3 is 2.62 bits per heavy atom. The third-order valence-corrected chi connectivity index (χ3v) is 3.62. The topological polar surface area (TPSA) is 79.5 Å². The molecule has 0 aliphatic carbocycles. The molecule has 0 bridgehead atoms. The summed E-state index contributed by atoms with van der Waals surface area (Å²) in [7, 11) is 1.57. The molecule has 0 radical (unpaired) electrons. The molecular formula is C13H11BrN4O3. The highest BCUT2D eigenvalue weighted by atomic mass is 79.9. The number of carbonyl (C=O) groups is 2. The monoisotopic (exact) mass is 350 g/mol. The van der Waals surface area contributed by atoms with E-state index in [1.807, 2.05) is 24.3 Å². The van der Waals surface area contributed by atoms with Crippen molar-refractivity contribution in [1.82, 2.24) is 19.9 Å². The molecule has 1 aliphatic rings. The summed E-state index contributed by atoms with van der Waals surface area (Å²) in [6, 6.07) is 7.07. The Bertz CT molecular complexity index is 698. The summed E-state index contributed by atoms with van der Waals surface area (Å²) < 4.78 is 6.06. The number of urea groups is 1. The lowest BCUT2D eigenvalue weighted by Crippen LogP contribution is -2.31. The molecule has 0 atom stereocenters. The molecule has 1 aromatic carbocycles. The molecule has 2 aromatic rings. The van der Waals surface area contributed by atoms with E-state index < -0.39 is 0 Å². The second-order valence-corrected chi connectivity index (χ2v) is 5.55. The van der Waals surface area contributed by atoms with Gasteiger partial charge in [-0.15, -0.1) is 0 Å². The van der Waals surface area contributed by atoms with Crippen molar-refractivity contribution in [2.75, 3.05) is 13.6 Å². The standard InChI is InChI=1S/C13H11BrN4O3/c1-17-7-11(19)18(13(17)20)6-10-15-12(16-21-10)8-2-4-9(14)5-3-8/h2-5H,6-7H2,1H3. The predicted octanol–water partition coefficient (Wildman–Crippen LogP) is 1.89. The molecule has 1 fully saturated rings. The van der Waals surface area contributed by atoms with Crippen LogP contribution in [-0.2, 0) is 11.3 Å². The fourth-order valence-electron chi connectivity index (χ4n) is 1.99. The highest BCUT2D eigenvalue weighted by molar-refractivity contribution is 9.10. The molecule has 8 heteroatoms. The van der Waals surface area contributed by atoms with E-state index in [1.165, 1.54) is 4.90 Å². The van der Waals surface area contributed by atoms with Crippen molar-refractivity contribution in [1.29, 1.82) is 0 Å². The molecule has 21 heavy (non-hydrogen) atoms. The zero-order chi connectivity index (χ0) is 15.0. The van der Waals surface area contributed by atoms with Crippen molar-refractivity contribution >= 4 is 27.9 Å².